The third-order valence-electron chi connectivity index (χ3n) is 7.47. The molecular formula is C22H23F2NO4. The molecule has 1 unspecified atom stereocenters. The first-order valence-corrected chi connectivity index (χ1v) is 10.3. The average Bonchev–Trinajstić information content (AvgIpc) is 2.91. The molecule has 5 nitrogen and oxygen atoms in total. The molecule has 1 atom stereocenters. The maximum absolute atomic E-state index is 15.1. The van der Waals surface area contributed by atoms with Crippen molar-refractivity contribution in [3.8, 4) is 0 Å². The number of aliphatic hydroxyl groups excluding tert-OH is 1. The van der Waals surface area contributed by atoms with Gasteiger partial charge in [-0.2, -0.15) is 8.78 Å². The van der Waals surface area contributed by atoms with E-state index in [0.717, 1.165) is 19.3 Å². The predicted molar refractivity (Wildman–Crippen MR) is 98.4 cm³/mol. The fourth-order valence-electron chi connectivity index (χ4n) is 6.59. The Morgan fingerprint density at radius 1 is 1.03 bits per heavy atom. The molecule has 4 bridgehead atoms. The molecule has 154 valence electrons. The number of alkyl halides is 2. The highest BCUT2D eigenvalue weighted by molar-refractivity contribution is 6.21. The molecule has 1 aromatic carbocycles. The van der Waals surface area contributed by atoms with Gasteiger partial charge in [0.1, 0.15) is 6.10 Å². The van der Waals surface area contributed by atoms with Crippen LogP contribution in [0, 0.1) is 23.2 Å². The van der Waals surface area contributed by atoms with Crippen LogP contribution in [0.15, 0.2) is 24.3 Å². The monoisotopic (exact) mass is 403 g/mol. The van der Waals surface area contributed by atoms with Crippen molar-refractivity contribution >= 4 is 17.6 Å². The van der Waals surface area contributed by atoms with Gasteiger partial charge in [0, 0.05) is 5.41 Å². The summed E-state index contributed by atoms with van der Waals surface area (Å²) < 4.78 is 30.2. The number of hydrogen-bond acceptors (Lipinski definition) is 4. The highest BCUT2D eigenvalue weighted by Gasteiger charge is 2.62. The number of halogens is 2. The second-order valence-corrected chi connectivity index (χ2v) is 9.43. The van der Waals surface area contributed by atoms with Gasteiger partial charge >= 0.3 is 5.92 Å². The maximum atomic E-state index is 15.1. The van der Waals surface area contributed by atoms with Crippen molar-refractivity contribution < 1.29 is 28.3 Å². The average molecular weight is 403 g/mol. The summed E-state index contributed by atoms with van der Waals surface area (Å²) in [6, 6.07) is 6.05. The van der Waals surface area contributed by atoms with Crippen LogP contribution < -0.4 is 0 Å². The van der Waals surface area contributed by atoms with Crippen LogP contribution in [0.3, 0.4) is 0 Å². The molecule has 0 radical (unpaired) electrons. The normalized spacial score (nSPS) is 33.9. The van der Waals surface area contributed by atoms with Gasteiger partial charge in [-0.3, -0.25) is 19.3 Å². The lowest BCUT2D eigenvalue weighted by atomic mass is 9.48. The largest absolute Gasteiger partial charge is 0.384 e. The zero-order valence-electron chi connectivity index (χ0n) is 15.9. The van der Waals surface area contributed by atoms with Crippen LogP contribution in [0.25, 0.3) is 0 Å². The smallest absolute Gasteiger partial charge is 0.332 e. The van der Waals surface area contributed by atoms with Crippen LogP contribution in [-0.4, -0.2) is 46.2 Å². The molecule has 1 aromatic rings. The number of rotatable bonds is 5. The number of β-amino-alcohol motifs (C(OH)–C–C–N with tert-alkyl or cyclic N) is 1. The van der Waals surface area contributed by atoms with Crippen LogP contribution in [0.4, 0.5) is 8.78 Å². The molecule has 6 rings (SSSR count). The number of imide groups is 1. The Labute approximate surface area is 167 Å². The molecule has 0 saturated heterocycles. The summed E-state index contributed by atoms with van der Waals surface area (Å²) in [7, 11) is 0. The third kappa shape index (κ3) is 2.70. The summed E-state index contributed by atoms with van der Waals surface area (Å²) in [5, 5.41) is 10.3. The zero-order chi connectivity index (χ0) is 20.6. The van der Waals surface area contributed by atoms with E-state index in [1.54, 1.807) is 12.1 Å². The van der Waals surface area contributed by atoms with Crippen LogP contribution in [0.1, 0.15) is 59.2 Å². The van der Waals surface area contributed by atoms with E-state index in [1.807, 2.05) is 0 Å². The Kier molecular flexibility index (Phi) is 4.01. The molecule has 2 amide bonds. The molecule has 29 heavy (non-hydrogen) atoms. The van der Waals surface area contributed by atoms with Gasteiger partial charge in [-0.05, 0) is 68.4 Å². The number of ketones is 1. The minimum Gasteiger partial charge on any atom is -0.384 e. The number of Topliss-reactive ketones (excluding diaryl/α,β-unsaturated/α-hetero) is 1. The summed E-state index contributed by atoms with van der Waals surface area (Å²) in [6.45, 7) is -0.891. The molecular weight excluding hydrogens is 380 g/mol. The molecule has 1 N–H and O–H groups in total. The van der Waals surface area contributed by atoms with Crippen molar-refractivity contribution in [2.45, 2.75) is 50.6 Å². The standard InChI is InChI=1S/C22H23F2NO4/c23-22(24,20(29)21-8-12-5-13(9-21)7-14(6-12)10-21)17(26)11-25-18(27)15-3-1-2-4-16(15)19(25)28/h1-4,12-14,17,26H,5-11H2. The molecule has 0 aromatic heterocycles. The zero-order valence-corrected chi connectivity index (χ0v) is 15.9. The molecule has 4 fully saturated rings. The van der Waals surface area contributed by atoms with E-state index in [2.05, 4.69) is 0 Å². The fourth-order valence-corrected chi connectivity index (χ4v) is 6.59. The Morgan fingerprint density at radius 2 is 1.48 bits per heavy atom. The Balaban J connectivity index is 1.36. The quantitative estimate of drug-likeness (QED) is 0.767. The number of amides is 2. The van der Waals surface area contributed by atoms with Crippen LogP contribution in [0.2, 0.25) is 0 Å². The van der Waals surface area contributed by atoms with E-state index in [0.29, 0.717) is 41.9 Å². The van der Waals surface area contributed by atoms with Crippen molar-refractivity contribution in [3.05, 3.63) is 35.4 Å². The van der Waals surface area contributed by atoms with Crippen molar-refractivity contribution in [3.63, 3.8) is 0 Å². The number of nitrogens with zero attached hydrogens (tertiary/aromatic N) is 1. The van der Waals surface area contributed by atoms with Gasteiger partial charge in [-0.1, -0.05) is 12.1 Å². The number of carbonyl (C=O) groups excluding carboxylic acids is 3. The molecule has 5 aliphatic rings. The number of fused-ring (bicyclic) bond motifs is 1. The molecule has 4 aliphatic carbocycles. The lowest BCUT2D eigenvalue weighted by Crippen LogP contribution is -2.59. The second-order valence-electron chi connectivity index (χ2n) is 9.43. The first-order valence-electron chi connectivity index (χ1n) is 10.3. The Hall–Kier alpha value is -2.15. The van der Waals surface area contributed by atoms with E-state index in [1.165, 1.54) is 12.1 Å². The van der Waals surface area contributed by atoms with Gasteiger partial charge in [0.2, 0.25) is 5.78 Å². The van der Waals surface area contributed by atoms with Crippen molar-refractivity contribution in [1.29, 1.82) is 0 Å². The molecule has 4 saturated carbocycles. The predicted octanol–water partition coefficient (Wildman–Crippen LogP) is 3.06. The first kappa shape index (κ1) is 18.9. The van der Waals surface area contributed by atoms with Gasteiger partial charge in [0.05, 0.1) is 17.7 Å². The fraction of sp³-hybridized carbons (Fsp3) is 0.591. The number of benzene rings is 1. The molecule has 1 aliphatic heterocycles. The van der Waals surface area contributed by atoms with E-state index >= 15 is 8.78 Å². The van der Waals surface area contributed by atoms with Crippen molar-refractivity contribution in [1.82, 2.24) is 4.90 Å². The van der Waals surface area contributed by atoms with E-state index in [-0.39, 0.29) is 11.1 Å². The number of carbonyl (C=O) groups is 3. The molecule has 0 spiro atoms. The lowest BCUT2D eigenvalue weighted by molar-refractivity contribution is -0.185. The van der Waals surface area contributed by atoms with Crippen LogP contribution in [-0.2, 0) is 4.79 Å². The minimum absolute atomic E-state index is 0.125. The van der Waals surface area contributed by atoms with Gasteiger partial charge in [-0.25, -0.2) is 0 Å². The van der Waals surface area contributed by atoms with Crippen molar-refractivity contribution in [2.24, 2.45) is 23.2 Å². The Morgan fingerprint density at radius 3 is 1.93 bits per heavy atom. The van der Waals surface area contributed by atoms with E-state index in [4.69, 9.17) is 0 Å². The lowest BCUT2D eigenvalue weighted by Gasteiger charge is -2.56. The Bertz CT molecular complexity index is 842. The summed E-state index contributed by atoms with van der Waals surface area (Å²) in [4.78, 5) is 38.5. The van der Waals surface area contributed by atoms with Gasteiger partial charge in [0.25, 0.3) is 11.8 Å². The molecule has 1 heterocycles. The van der Waals surface area contributed by atoms with E-state index in [9.17, 15) is 19.5 Å². The van der Waals surface area contributed by atoms with Gasteiger partial charge in [0.15, 0.2) is 0 Å². The second kappa shape index (κ2) is 6.17. The first-order chi connectivity index (χ1) is 13.7. The van der Waals surface area contributed by atoms with E-state index < -0.39 is 41.6 Å². The SMILES string of the molecule is O=C1c2ccccc2C(=O)N1CC(O)C(F)(F)C(=O)C12CC3CC(CC(C3)C1)C2. The summed E-state index contributed by atoms with van der Waals surface area (Å²) in [6.07, 6.45) is 2.01. The van der Waals surface area contributed by atoms with Crippen LogP contribution in [0.5, 0.6) is 0 Å². The van der Waals surface area contributed by atoms with Gasteiger partial charge < -0.3 is 5.11 Å². The van der Waals surface area contributed by atoms with Crippen LogP contribution >= 0.6 is 0 Å². The highest BCUT2D eigenvalue weighted by atomic mass is 19.3. The highest BCUT2D eigenvalue weighted by Crippen LogP contribution is 2.61. The number of aliphatic hydroxyl groups is 1. The summed E-state index contributed by atoms with van der Waals surface area (Å²) >= 11 is 0. The van der Waals surface area contributed by atoms with Gasteiger partial charge in [-0.15, -0.1) is 0 Å². The molecule has 7 heteroatoms. The van der Waals surface area contributed by atoms with Crippen molar-refractivity contribution in [2.75, 3.05) is 6.54 Å². The third-order valence-corrected chi connectivity index (χ3v) is 7.47. The minimum atomic E-state index is -4.00. The topological polar surface area (TPSA) is 74.7 Å². The summed E-state index contributed by atoms with van der Waals surface area (Å²) in [5.41, 5.74) is -0.817. The maximum Gasteiger partial charge on any atom is 0.332 e. The summed E-state index contributed by atoms with van der Waals surface area (Å²) in [5.74, 6) is -5.70. The number of hydrogen-bond donors (Lipinski definition) is 1.